The molecule has 3 rings (SSSR count). The van der Waals surface area contributed by atoms with E-state index in [4.69, 9.17) is 0 Å². The van der Waals surface area contributed by atoms with E-state index < -0.39 is 18.3 Å². The molecule has 138 valence electrons. The minimum absolute atomic E-state index is 0.277. The van der Waals surface area contributed by atoms with Crippen LogP contribution in [0.4, 0.5) is 13.2 Å². The van der Waals surface area contributed by atoms with Gasteiger partial charge in [-0.3, -0.25) is 4.68 Å². The first-order valence-corrected chi connectivity index (χ1v) is 8.25. The highest BCUT2D eigenvalue weighted by Gasteiger charge is 2.20. The van der Waals surface area contributed by atoms with Crippen LogP contribution >= 0.6 is 0 Å². The van der Waals surface area contributed by atoms with Crippen molar-refractivity contribution in [3.8, 4) is 5.69 Å². The lowest BCUT2D eigenvalue weighted by Crippen LogP contribution is -2.08. The summed E-state index contributed by atoms with van der Waals surface area (Å²) >= 11 is 0. The number of halogens is 3. The molecular weight excluding hydrogens is 345 g/mol. The number of hydrogen-bond acceptors (Lipinski definition) is 3. The number of aryl methyl sites for hydroxylation is 1. The number of hydrogen-bond donors (Lipinski definition) is 1. The number of aromatic nitrogens is 4. The zero-order chi connectivity index (χ0) is 18.8. The van der Waals surface area contributed by atoms with E-state index in [1.54, 1.807) is 10.9 Å². The number of aliphatic hydroxyl groups is 1. The molecule has 0 bridgehead atoms. The summed E-state index contributed by atoms with van der Waals surface area (Å²) in [4.78, 5) is 0. The van der Waals surface area contributed by atoms with Crippen LogP contribution < -0.4 is 0 Å². The van der Waals surface area contributed by atoms with Gasteiger partial charge in [-0.15, -0.1) is 0 Å². The van der Waals surface area contributed by atoms with E-state index >= 15 is 0 Å². The third kappa shape index (κ3) is 3.65. The second-order valence-electron chi connectivity index (χ2n) is 6.03. The zero-order valence-electron chi connectivity index (χ0n) is 14.4. The molecule has 0 saturated heterocycles. The van der Waals surface area contributed by atoms with E-state index in [0.717, 1.165) is 5.56 Å². The van der Waals surface area contributed by atoms with Crippen molar-refractivity contribution in [1.82, 2.24) is 19.6 Å². The molecule has 0 saturated carbocycles. The maximum atomic E-state index is 13.6. The highest BCUT2D eigenvalue weighted by Crippen LogP contribution is 2.27. The minimum Gasteiger partial charge on any atom is -0.389 e. The van der Waals surface area contributed by atoms with E-state index in [0.29, 0.717) is 24.3 Å². The molecule has 0 unspecified atom stereocenters. The number of nitrogens with zero attached hydrogens (tertiary/aromatic N) is 4. The predicted octanol–water partition coefficient (Wildman–Crippen LogP) is 3.81. The summed E-state index contributed by atoms with van der Waals surface area (Å²) in [7, 11) is 0. The maximum absolute atomic E-state index is 13.6. The molecule has 0 fully saturated rings. The second-order valence-corrected chi connectivity index (χ2v) is 6.03. The summed E-state index contributed by atoms with van der Waals surface area (Å²) in [5.41, 5.74) is 1.62. The summed E-state index contributed by atoms with van der Waals surface area (Å²) in [5, 5.41) is 18.1. The molecular formula is C18H19F3N4O. The average Bonchev–Trinajstić information content (AvgIpc) is 3.22. The molecule has 26 heavy (non-hydrogen) atoms. The lowest BCUT2D eigenvalue weighted by atomic mass is 10.1. The molecule has 0 spiro atoms. The first kappa shape index (κ1) is 18.2. The molecule has 5 nitrogen and oxygen atoms in total. The molecule has 1 N–H and O–H groups in total. The Morgan fingerprint density at radius 3 is 2.62 bits per heavy atom. The van der Waals surface area contributed by atoms with E-state index in [-0.39, 0.29) is 11.3 Å². The lowest BCUT2D eigenvalue weighted by Gasteiger charge is -2.14. The van der Waals surface area contributed by atoms with E-state index in [1.165, 1.54) is 35.9 Å². The minimum atomic E-state index is -2.73. The Morgan fingerprint density at radius 2 is 2.00 bits per heavy atom. The van der Waals surface area contributed by atoms with Gasteiger partial charge in [0.05, 0.1) is 18.0 Å². The van der Waals surface area contributed by atoms with Crippen molar-refractivity contribution in [3.05, 3.63) is 65.0 Å². The highest BCUT2D eigenvalue weighted by atomic mass is 19.3. The van der Waals surface area contributed by atoms with Crippen molar-refractivity contribution < 1.29 is 18.3 Å². The number of aliphatic hydroxyl groups excluding tert-OH is 1. The normalized spacial score (nSPS) is 12.7. The molecule has 2 heterocycles. The number of benzene rings is 1. The Balaban J connectivity index is 2.09. The Morgan fingerprint density at radius 1 is 1.23 bits per heavy atom. The average molecular weight is 364 g/mol. The van der Waals surface area contributed by atoms with Gasteiger partial charge in [-0.25, -0.2) is 17.9 Å². The van der Waals surface area contributed by atoms with Crippen LogP contribution in [0.1, 0.15) is 48.9 Å². The number of alkyl halides is 2. The first-order valence-electron chi connectivity index (χ1n) is 8.25. The molecule has 2 aromatic heterocycles. The van der Waals surface area contributed by atoms with E-state index in [2.05, 4.69) is 10.2 Å². The molecule has 0 amide bonds. The molecule has 0 radical (unpaired) electrons. The second kappa shape index (κ2) is 7.33. The molecule has 8 heteroatoms. The van der Waals surface area contributed by atoms with Gasteiger partial charge in [0.2, 0.25) is 0 Å². The van der Waals surface area contributed by atoms with Gasteiger partial charge < -0.3 is 5.11 Å². The molecule has 0 aliphatic carbocycles. The third-order valence-corrected chi connectivity index (χ3v) is 4.09. The van der Waals surface area contributed by atoms with Crippen LogP contribution in [0.25, 0.3) is 5.69 Å². The topological polar surface area (TPSA) is 55.9 Å². The van der Waals surface area contributed by atoms with Gasteiger partial charge in [-0.2, -0.15) is 10.2 Å². The Hall–Kier alpha value is -2.61. The Kier molecular flexibility index (Phi) is 5.13. The Labute approximate surface area is 148 Å². The summed E-state index contributed by atoms with van der Waals surface area (Å²) < 4.78 is 43.0. The summed E-state index contributed by atoms with van der Waals surface area (Å²) in [6, 6.07) is 5.15. The summed E-state index contributed by atoms with van der Waals surface area (Å²) in [6.07, 6.45) is 0.124. The van der Waals surface area contributed by atoms with E-state index in [1.807, 2.05) is 13.1 Å². The van der Waals surface area contributed by atoms with Crippen LogP contribution in [-0.4, -0.2) is 24.7 Å². The monoisotopic (exact) mass is 364 g/mol. The predicted molar refractivity (Wildman–Crippen MR) is 89.8 cm³/mol. The first-order chi connectivity index (χ1) is 12.4. The van der Waals surface area contributed by atoms with Crippen LogP contribution in [0.2, 0.25) is 0 Å². The van der Waals surface area contributed by atoms with Gasteiger partial charge >= 0.3 is 0 Å². The quantitative estimate of drug-likeness (QED) is 0.724. The van der Waals surface area contributed by atoms with Gasteiger partial charge in [0.15, 0.2) is 0 Å². The molecule has 3 aromatic rings. The smallest absolute Gasteiger partial charge is 0.282 e. The van der Waals surface area contributed by atoms with Crippen molar-refractivity contribution >= 4 is 0 Å². The van der Waals surface area contributed by atoms with Crippen LogP contribution in [0.3, 0.4) is 0 Å². The van der Waals surface area contributed by atoms with Crippen LogP contribution in [0.15, 0.2) is 36.7 Å². The standard InChI is InChI=1S/C18H19F3N4O/c1-3-24-10-12(9-22-24)6-14-8-16(18(20)21)23-25(14)17-5-4-13(19)7-15(17)11(2)26/h4-5,7-11,18,26H,3,6H2,1-2H3/t11-/m1/s1. The van der Waals surface area contributed by atoms with Crippen molar-refractivity contribution in [2.45, 2.75) is 39.3 Å². The maximum Gasteiger partial charge on any atom is 0.282 e. The fourth-order valence-electron chi connectivity index (χ4n) is 2.81. The summed E-state index contributed by atoms with van der Waals surface area (Å²) in [6.45, 7) is 4.13. The van der Waals surface area contributed by atoms with Crippen LogP contribution in [0, 0.1) is 5.82 Å². The van der Waals surface area contributed by atoms with Gasteiger partial charge in [0.1, 0.15) is 11.5 Å². The number of rotatable bonds is 6. The van der Waals surface area contributed by atoms with Crippen LogP contribution in [0.5, 0.6) is 0 Å². The third-order valence-electron chi connectivity index (χ3n) is 4.09. The van der Waals surface area contributed by atoms with Crippen LogP contribution in [-0.2, 0) is 13.0 Å². The Bertz CT molecular complexity index is 902. The molecule has 1 atom stereocenters. The summed E-state index contributed by atoms with van der Waals surface area (Å²) in [5.74, 6) is -0.517. The van der Waals surface area contributed by atoms with E-state index in [9.17, 15) is 18.3 Å². The zero-order valence-corrected chi connectivity index (χ0v) is 14.4. The lowest BCUT2D eigenvalue weighted by molar-refractivity contribution is 0.145. The fraction of sp³-hybridized carbons (Fsp3) is 0.333. The van der Waals surface area contributed by atoms with Gasteiger partial charge in [-0.05, 0) is 43.7 Å². The van der Waals surface area contributed by atoms with Gasteiger partial charge in [0, 0.05) is 30.4 Å². The molecule has 0 aliphatic heterocycles. The van der Waals surface area contributed by atoms with Crippen molar-refractivity contribution in [2.75, 3.05) is 0 Å². The van der Waals surface area contributed by atoms with Crippen molar-refractivity contribution in [1.29, 1.82) is 0 Å². The molecule has 1 aromatic carbocycles. The van der Waals surface area contributed by atoms with Gasteiger partial charge in [0.25, 0.3) is 6.43 Å². The van der Waals surface area contributed by atoms with Crippen molar-refractivity contribution in [3.63, 3.8) is 0 Å². The van der Waals surface area contributed by atoms with Crippen molar-refractivity contribution in [2.24, 2.45) is 0 Å². The highest BCUT2D eigenvalue weighted by molar-refractivity contribution is 5.44. The SMILES string of the molecule is CCn1cc(Cc2cc(C(F)F)nn2-c2ccc(F)cc2[C@@H](C)O)cn1. The van der Waals surface area contributed by atoms with Gasteiger partial charge in [-0.1, -0.05) is 0 Å². The fourth-order valence-corrected chi connectivity index (χ4v) is 2.81. The molecule has 0 aliphatic rings. The largest absolute Gasteiger partial charge is 0.389 e.